The van der Waals surface area contributed by atoms with E-state index in [4.69, 9.17) is 0 Å². The van der Waals surface area contributed by atoms with E-state index in [-0.39, 0.29) is 11.1 Å². The van der Waals surface area contributed by atoms with Gasteiger partial charge >= 0.3 is 0 Å². The van der Waals surface area contributed by atoms with Crippen molar-refractivity contribution >= 4 is 34.7 Å². The highest BCUT2D eigenvalue weighted by Gasteiger charge is 2.36. The molecule has 0 bridgehead atoms. The minimum Gasteiger partial charge on any atom is -0.369 e. The SMILES string of the molecule is Cc1ccc(/C=C2/SC(=O)N(CN3CCN(c4ccccc4)CC3)C2=O)cc1. The predicted octanol–water partition coefficient (Wildman–Crippen LogP) is 3.81. The summed E-state index contributed by atoms with van der Waals surface area (Å²) in [6, 6.07) is 18.3. The van der Waals surface area contributed by atoms with Crippen LogP contribution in [0.15, 0.2) is 59.5 Å². The first-order valence-corrected chi connectivity index (χ1v) is 10.3. The summed E-state index contributed by atoms with van der Waals surface area (Å²) in [5, 5.41) is -0.186. The van der Waals surface area contributed by atoms with Gasteiger partial charge in [0.25, 0.3) is 11.1 Å². The molecule has 144 valence electrons. The Morgan fingerprint density at radius 1 is 0.929 bits per heavy atom. The lowest BCUT2D eigenvalue weighted by Crippen LogP contribution is -2.50. The van der Waals surface area contributed by atoms with Gasteiger partial charge in [-0.2, -0.15) is 0 Å². The van der Waals surface area contributed by atoms with Gasteiger partial charge in [0.15, 0.2) is 0 Å². The summed E-state index contributed by atoms with van der Waals surface area (Å²) in [5.74, 6) is -0.193. The molecule has 2 aliphatic heterocycles. The minimum atomic E-state index is -0.193. The van der Waals surface area contributed by atoms with Gasteiger partial charge in [0.1, 0.15) is 0 Å². The summed E-state index contributed by atoms with van der Waals surface area (Å²) >= 11 is 1.03. The molecule has 6 heteroatoms. The van der Waals surface area contributed by atoms with E-state index in [0.29, 0.717) is 11.6 Å². The molecule has 28 heavy (non-hydrogen) atoms. The van der Waals surface area contributed by atoms with E-state index in [0.717, 1.165) is 43.5 Å². The zero-order chi connectivity index (χ0) is 19.5. The quantitative estimate of drug-likeness (QED) is 0.739. The van der Waals surface area contributed by atoms with Crippen molar-refractivity contribution < 1.29 is 9.59 Å². The molecule has 0 aromatic heterocycles. The summed E-state index contributed by atoms with van der Waals surface area (Å²) in [6.07, 6.45) is 1.80. The van der Waals surface area contributed by atoms with Gasteiger partial charge in [-0.25, -0.2) is 0 Å². The average Bonchev–Trinajstić information content (AvgIpc) is 2.98. The third-order valence-corrected chi connectivity index (χ3v) is 5.99. The van der Waals surface area contributed by atoms with Gasteiger partial charge in [-0.15, -0.1) is 0 Å². The molecule has 0 spiro atoms. The van der Waals surface area contributed by atoms with Crippen LogP contribution in [0.5, 0.6) is 0 Å². The van der Waals surface area contributed by atoms with Crippen molar-refractivity contribution in [2.75, 3.05) is 37.7 Å². The molecule has 2 aromatic rings. The first kappa shape index (κ1) is 18.8. The number of nitrogens with zero attached hydrogens (tertiary/aromatic N) is 3. The monoisotopic (exact) mass is 393 g/mol. The third-order valence-electron chi connectivity index (χ3n) is 5.08. The van der Waals surface area contributed by atoms with Crippen molar-refractivity contribution in [3.63, 3.8) is 0 Å². The largest absolute Gasteiger partial charge is 0.369 e. The van der Waals surface area contributed by atoms with Crippen LogP contribution in [0.2, 0.25) is 0 Å². The van der Waals surface area contributed by atoms with Gasteiger partial charge < -0.3 is 4.90 Å². The second kappa shape index (κ2) is 8.20. The minimum absolute atomic E-state index is 0.186. The molecular weight excluding hydrogens is 370 g/mol. The first-order valence-electron chi connectivity index (χ1n) is 9.44. The highest BCUT2D eigenvalue weighted by atomic mass is 32.2. The number of anilines is 1. The van der Waals surface area contributed by atoms with Crippen LogP contribution in [0.1, 0.15) is 11.1 Å². The summed E-state index contributed by atoms with van der Waals surface area (Å²) < 4.78 is 0. The van der Waals surface area contributed by atoms with Crippen LogP contribution in [-0.2, 0) is 4.79 Å². The maximum Gasteiger partial charge on any atom is 0.294 e. The molecule has 0 unspecified atom stereocenters. The number of carbonyl (C=O) groups is 2. The fraction of sp³-hybridized carbons (Fsp3) is 0.273. The zero-order valence-corrected chi connectivity index (χ0v) is 16.7. The molecule has 2 saturated heterocycles. The Bertz CT molecular complexity index is 888. The summed E-state index contributed by atoms with van der Waals surface area (Å²) in [6.45, 7) is 5.81. The highest BCUT2D eigenvalue weighted by Crippen LogP contribution is 2.32. The van der Waals surface area contributed by atoms with Crippen LogP contribution in [-0.4, -0.2) is 53.8 Å². The second-order valence-corrected chi connectivity index (χ2v) is 8.10. The van der Waals surface area contributed by atoms with Gasteiger partial charge in [0.2, 0.25) is 0 Å². The maximum atomic E-state index is 12.7. The molecule has 2 amide bonds. The van der Waals surface area contributed by atoms with Gasteiger partial charge in [0, 0.05) is 31.9 Å². The van der Waals surface area contributed by atoms with E-state index < -0.39 is 0 Å². The smallest absolute Gasteiger partial charge is 0.294 e. The topological polar surface area (TPSA) is 43.9 Å². The van der Waals surface area contributed by atoms with Crippen molar-refractivity contribution in [3.05, 3.63) is 70.6 Å². The molecule has 2 heterocycles. The number of para-hydroxylation sites is 1. The lowest BCUT2D eigenvalue weighted by atomic mass is 10.1. The Kier molecular flexibility index (Phi) is 5.50. The van der Waals surface area contributed by atoms with Gasteiger partial charge in [-0.05, 0) is 42.5 Å². The molecule has 5 nitrogen and oxygen atoms in total. The number of rotatable bonds is 4. The number of hydrogen-bond acceptors (Lipinski definition) is 5. The normalized spacial score (nSPS) is 19.7. The van der Waals surface area contributed by atoms with Gasteiger partial charge in [0.05, 0.1) is 11.6 Å². The summed E-state index contributed by atoms with van der Waals surface area (Å²) in [7, 11) is 0. The highest BCUT2D eigenvalue weighted by molar-refractivity contribution is 8.18. The first-order chi connectivity index (χ1) is 13.6. The van der Waals surface area contributed by atoms with Crippen molar-refractivity contribution in [2.45, 2.75) is 6.92 Å². The number of imide groups is 1. The second-order valence-electron chi connectivity index (χ2n) is 7.10. The van der Waals surface area contributed by atoms with E-state index in [1.807, 2.05) is 49.4 Å². The molecule has 0 N–H and O–H groups in total. The predicted molar refractivity (Wildman–Crippen MR) is 114 cm³/mol. The van der Waals surface area contributed by atoms with Crippen molar-refractivity contribution in [1.82, 2.24) is 9.80 Å². The molecular formula is C22H23N3O2S. The average molecular weight is 394 g/mol. The number of carbonyl (C=O) groups excluding carboxylic acids is 2. The van der Waals surface area contributed by atoms with E-state index in [9.17, 15) is 9.59 Å². The zero-order valence-electron chi connectivity index (χ0n) is 15.9. The molecule has 2 fully saturated rings. The Balaban J connectivity index is 1.37. The summed E-state index contributed by atoms with van der Waals surface area (Å²) in [5.41, 5.74) is 3.32. The molecule has 0 radical (unpaired) electrons. The van der Waals surface area contributed by atoms with Crippen LogP contribution >= 0.6 is 11.8 Å². The number of thioether (sulfide) groups is 1. The lowest BCUT2D eigenvalue weighted by molar-refractivity contribution is -0.124. The number of benzene rings is 2. The number of aryl methyl sites for hydroxylation is 1. The van der Waals surface area contributed by atoms with E-state index >= 15 is 0 Å². The van der Waals surface area contributed by atoms with E-state index in [1.54, 1.807) is 6.08 Å². The standard InChI is InChI=1S/C22H23N3O2S/c1-17-7-9-18(10-8-17)15-20-21(26)25(22(27)28-20)16-23-11-13-24(14-12-23)19-5-3-2-4-6-19/h2-10,15H,11-14,16H2,1H3/b20-15+. The van der Waals surface area contributed by atoms with E-state index in [1.165, 1.54) is 16.2 Å². The van der Waals surface area contributed by atoms with Crippen LogP contribution in [0.3, 0.4) is 0 Å². The van der Waals surface area contributed by atoms with Crippen molar-refractivity contribution in [1.29, 1.82) is 0 Å². The fourth-order valence-corrected chi connectivity index (χ4v) is 4.25. The van der Waals surface area contributed by atoms with E-state index in [2.05, 4.69) is 21.9 Å². The van der Waals surface area contributed by atoms with Crippen molar-refractivity contribution in [3.8, 4) is 0 Å². The molecule has 2 aliphatic rings. The number of piperazine rings is 1. The number of amides is 2. The Labute approximate surface area is 169 Å². The Morgan fingerprint density at radius 2 is 1.61 bits per heavy atom. The summed E-state index contributed by atoms with van der Waals surface area (Å²) in [4.78, 5) is 31.5. The Morgan fingerprint density at radius 3 is 2.29 bits per heavy atom. The number of hydrogen-bond donors (Lipinski definition) is 0. The molecule has 0 saturated carbocycles. The van der Waals surface area contributed by atoms with Crippen molar-refractivity contribution in [2.24, 2.45) is 0 Å². The molecule has 2 aromatic carbocycles. The molecule has 0 aliphatic carbocycles. The van der Waals surface area contributed by atoms with Crippen LogP contribution in [0.4, 0.5) is 10.5 Å². The van der Waals surface area contributed by atoms with Crippen LogP contribution < -0.4 is 4.90 Å². The van der Waals surface area contributed by atoms with Gasteiger partial charge in [-0.3, -0.25) is 19.4 Å². The van der Waals surface area contributed by atoms with Crippen LogP contribution in [0, 0.1) is 6.92 Å². The Hall–Kier alpha value is -2.57. The molecule has 0 atom stereocenters. The lowest BCUT2D eigenvalue weighted by Gasteiger charge is -2.37. The third kappa shape index (κ3) is 4.13. The maximum absolute atomic E-state index is 12.7. The van der Waals surface area contributed by atoms with Crippen LogP contribution in [0.25, 0.3) is 6.08 Å². The molecule has 4 rings (SSSR count). The van der Waals surface area contributed by atoms with Gasteiger partial charge in [-0.1, -0.05) is 48.0 Å². The fourth-order valence-electron chi connectivity index (χ4n) is 3.42.